The van der Waals surface area contributed by atoms with Gasteiger partial charge in [0.15, 0.2) is 17.8 Å². The highest BCUT2D eigenvalue weighted by Crippen LogP contribution is 2.33. The Morgan fingerprint density at radius 3 is 2.61 bits per heavy atom. The van der Waals surface area contributed by atoms with Gasteiger partial charge in [0.05, 0.1) is 6.61 Å². The molecule has 5 nitrogen and oxygen atoms in total. The lowest BCUT2D eigenvalue weighted by Gasteiger charge is -2.17. The molecule has 2 rings (SSSR count). The van der Waals surface area contributed by atoms with Crippen LogP contribution in [0, 0.1) is 0 Å². The third-order valence-corrected chi connectivity index (χ3v) is 2.99. The summed E-state index contributed by atoms with van der Waals surface area (Å²) in [5.41, 5.74) is -0.128. The van der Waals surface area contributed by atoms with Crippen LogP contribution in [0.5, 0.6) is 0 Å². The summed E-state index contributed by atoms with van der Waals surface area (Å²) < 4.78 is 31.4. The highest BCUT2D eigenvalue weighted by Gasteiger charge is 2.46. The molecule has 6 heteroatoms. The van der Waals surface area contributed by atoms with Gasteiger partial charge in [-0.25, -0.2) is 4.39 Å². The summed E-state index contributed by atoms with van der Waals surface area (Å²) in [7, 11) is 2.97. The lowest BCUT2D eigenvalue weighted by molar-refractivity contribution is -0.0613. The lowest BCUT2D eigenvalue weighted by atomic mass is 10.1. The van der Waals surface area contributed by atoms with E-state index >= 15 is 0 Å². The average molecular weight is 257 g/mol. The minimum absolute atomic E-state index is 0.128. The van der Waals surface area contributed by atoms with Crippen molar-refractivity contribution in [1.29, 1.82) is 0 Å². The molecule has 18 heavy (non-hydrogen) atoms. The Hall–Kier alpha value is -1.24. The van der Waals surface area contributed by atoms with Gasteiger partial charge in [-0.05, 0) is 0 Å². The van der Waals surface area contributed by atoms with Crippen LogP contribution in [0.4, 0.5) is 4.39 Å². The van der Waals surface area contributed by atoms with Gasteiger partial charge in [0.1, 0.15) is 12.2 Å². The normalized spacial score (nSPS) is 31.7. The number of methoxy groups -OCH3 is 2. The quantitative estimate of drug-likeness (QED) is 0.798. The van der Waals surface area contributed by atoms with Crippen LogP contribution >= 0.6 is 0 Å². The number of alkyl halides is 1. The number of ether oxygens (including phenoxy) is 3. The number of halogens is 1. The van der Waals surface area contributed by atoms with Gasteiger partial charge in [0.2, 0.25) is 0 Å². The molecule has 1 saturated heterocycles. The van der Waals surface area contributed by atoms with Crippen molar-refractivity contribution in [2.45, 2.75) is 24.6 Å². The molecule has 0 amide bonds. The molecule has 4 atom stereocenters. The summed E-state index contributed by atoms with van der Waals surface area (Å²) >= 11 is 0. The van der Waals surface area contributed by atoms with Crippen molar-refractivity contribution in [2.24, 2.45) is 0 Å². The van der Waals surface area contributed by atoms with Crippen LogP contribution in [0.2, 0.25) is 0 Å². The van der Waals surface area contributed by atoms with E-state index in [9.17, 15) is 9.18 Å². The third-order valence-electron chi connectivity index (χ3n) is 2.99. The molecule has 1 aromatic heterocycles. The molecule has 100 valence electrons. The molecule has 0 spiro atoms. The molecular weight excluding hydrogens is 241 g/mol. The maximum absolute atomic E-state index is 14.2. The van der Waals surface area contributed by atoms with E-state index < -0.39 is 24.6 Å². The molecule has 1 aliphatic heterocycles. The first-order valence-electron chi connectivity index (χ1n) is 5.66. The predicted octanol–water partition coefficient (Wildman–Crippen LogP) is 0.745. The van der Waals surface area contributed by atoms with Gasteiger partial charge < -0.3 is 18.8 Å². The topological polar surface area (TPSA) is 49.7 Å². The second-order valence-electron chi connectivity index (χ2n) is 4.15. The highest BCUT2D eigenvalue weighted by molar-refractivity contribution is 4.98. The van der Waals surface area contributed by atoms with E-state index in [0.717, 1.165) is 0 Å². The fourth-order valence-corrected chi connectivity index (χ4v) is 2.11. The summed E-state index contributed by atoms with van der Waals surface area (Å²) in [4.78, 5) is 11.0. The number of hydrogen-bond acceptors (Lipinski definition) is 4. The molecule has 0 unspecified atom stereocenters. The van der Waals surface area contributed by atoms with Gasteiger partial charge in [-0.3, -0.25) is 4.79 Å². The standard InChI is InChI=1S/C12H16FNO4/c1-16-7-9-11(17-2)10(13)12(18-9)14-5-3-8(15)4-6-14/h3-6,9-12H,7H2,1-2H3/t9-,10-,11-,12-/m1/s1. The maximum Gasteiger partial charge on any atom is 0.181 e. The van der Waals surface area contributed by atoms with Crippen molar-refractivity contribution in [3.8, 4) is 0 Å². The zero-order chi connectivity index (χ0) is 13.1. The van der Waals surface area contributed by atoms with E-state index in [1.54, 1.807) is 0 Å². The number of aromatic nitrogens is 1. The number of pyridine rings is 1. The molecule has 0 aromatic carbocycles. The Kier molecular flexibility index (Phi) is 4.11. The number of hydrogen-bond donors (Lipinski definition) is 0. The molecule has 1 fully saturated rings. The fraction of sp³-hybridized carbons (Fsp3) is 0.583. The van der Waals surface area contributed by atoms with E-state index in [2.05, 4.69) is 0 Å². The molecule has 0 N–H and O–H groups in total. The van der Waals surface area contributed by atoms with Crippen molar-refractivity contribution >= 4 is 0 Å². The lowest BCUT2D eigenvalue weighted by Crippen LogP contribution is -2.33. The largest absolute Gasteiger partial charge is 0.382 e. The van der Waals surface area contributed by atoms with Gasteiger partial charge in [-0.2, -0.15) is 0 Å². The highest BCUT2D eigenvalue weighted by atomic mass is 19.1. The van der Waals surface area contributed by atoms with Crippen molar-refractivity contribution in [2.75, 3.05) is 20.8 Å². The molecule has 0 radical (unpaired) electrons. The van der Waals surface area contributed by atoms with Crippen LogP contribution in [0.3, 0.4) is 0 Å². The van der Waals surface area contributed by atoms with Gasteiger partial charge in [0.25, 0.3) is 0 Å². The SMILES string of the molecule is COC[C@H]1O[C@@H](n2ccc(=O)cc2)[C@H](F)[C@@H]1OC. The Morgan fingerprint density at radius 1 is 1.39 bits per heavy atom. The Balaban J connectivity index is 2.19. The number of nitrogens with zero attached hydrogens (tertiary/aromatic N) is 1. The monoisotopic (exact) mass is 257 g/mol. The minimum Gasteiger partial charge on any atom is -0.382 e. The van der Waals surface area contributed by atoms with Crippen LogP contribution in [0.15, 0.2) is 29.3 Å². The first kappa shape index (κ1) is 13.2. The zero-order valence-corrected chi connectivity index (χ0v) is 10.3. The van der Waals surface area contributed by atoms with Crippen molar-refractivity contribution in [3.63, 3.8) is 0 Å². The Bertz CT molecular complexity index is 429. The van der Waals surface area contributed by atoms with Gasteiger partial charge >= 0.3 is 0 Å². The van der Waals surface area contributed by atoms with E-state index in [1.165, 1.54) is 43.3 Å². The predicted molar refractivity (Wildman–Crippen MR) is 62.2 cm³/mol. The first-order valence-corrected chi connectivity index (χ1v) is 5.66. The van der Waals surface area contributed by atoms with Crippen LogP contribution in [-0.4, -0.2) is 43.8 Å². The van der Waals surface area contributed by atoms with Crippen LogP contribution in [-0.2, 0) is 14.2 Å². The summed E-state index contributed by atoms with van der Waals surface area (Å²) in [6.45, 7) is 0.260. The van der Waals surface area contributed by atoms with Crippen molar-refractivity contribution < 1.29 is 18.6 Å². The Morgan fingerprint density at radius 2 is 2.06 bits per heavy atom. The van der Waals surface area contributed by atoms with Crippen molar-refractivity contribution in [1.82, 2.24) is 4.57 Å². The molecular formula is C12H16FNO4. The number of rotatable bonds is 4. The molecule has 1 aliphatic rings. The second kappa shape index (κ2) is 5.60. The van der Waals surface area contributed by atoms with Gasteiger partial charge in [-0.15, -0.1) is 0 Å². The summed E-state index contributed by atoms with van der Waals surface area (Å²) in [6, 6.07) is 2.73. The third kappa shape index (κ3) is 2.45. The summed E-state index contributed by atoms with van der Waals surface area (Å²) in [5, 5.41) is 0. The second-order valence-corrected chi connectivity index (χ2v) is 4.15. The summed E-state index contributed by atoms with van der Waals surface area (Å²) in [5.74, 6) is 0. The van der Waals surface area contributed by atoms with E-state index in [-0.39, 0.29) is 12.0 Å². The molecule has 0 bridgehead atoms. The van der Waals surface area contributed by atoms with Crippen molar-refractivity contribution in [3.05, 3.63) is 34.7 Å². The van der Waals surface area contributed by atoms with Crippen LogP contribution in [0.1, 0.15) is 6.23 Å². The van der Waals surface area contributed by atoms with E-state index in [1.807, 2.05) is 0 Å². The smallest absolute Gasteiger partial charge is 0.181 e. The molecule has 0 saturated carbocycles. The fourth-order valence-electron chi connectivity index (χ4n) is 2.11. The van der Waals surface area contributed by atoms with Crippen LogP contribution < -0.4 is 5.43 Å². The molecule has 0 aliphatic carbocycles. The average Bonchev–Trinajstić information content (AvgIpc) is 2.67. The van der Waals surface area contributed by atoms with E-state index in [4.69, 9.17) is 14.2 Å². The Labute approximate surface area is 104 Å². The summed E-state index contributed by atoms with van der Waals surface area (Å²) in [6.07, 6.45) is -0.231. The zero-order valence-electron chi connectivity index (χ0n) is 10.3. The van der Waals surface area contributed by atoms with Crippen LogP contribution in [0.25, 0.3) is 0 Å². The van der Waals surface area contributed by atoms with Gasteiger partial charge in [-0.1, -0.05) is 0 Å². The van der Waals surface area contributed by atoms with Gasteiger partial charge in [0, 0.05) is 38.7 Å². The molecule has 2 heterocycles. The molecule has 1 aromatic rings. The first-order chi connectivity index (χ1) is 8.67. The maximum atomic E-state index is 14.2. The van der Waals surface area contributed by atoms with E-state index in [0.29, 0.717) is 0 Å². The minimum atomic E-state index is -1.31.